The fraction of sp³-hybridized carbons (Fsp3) is 0.143. The molecule has 0 heterocycles. The molecule has 0 atom stereocenters. The van der Waals surface area contributed by atoms with Gasteiger partial charge in [-0.15, -0.1) is 0 Å². The van der Waals surface area contributed by atoms with E-state index in [2.05, 4.69) is 5.73 Å². The van der Waals surface area contributed by atoms with Gasteiger partial charge in [-0.25, -0.2) is 8.42 Å². The number of quaternary nitrogens is 1. The molecular weight excluding hydrogens is 303 g/mol. The number of hydrogen-bond donors (Lipinski definition) is 2. The van der Waals surface area contributed by atoms with E-state index in [1.54, 1.807) is 0 Å². The molecular formula is C7H9ClF3NO5S. The van der Waals surface area contributed by atoms with E-state index in [4.69, 9.17) is 29.1 Å². The lowest BCUT2D eigenvalue weighted by molar-refractivity contribution is -0.255. The van der Waals surface area contributed by atoms with Gasteiger partial charge in [0.25, 0.3) is 0 Å². The van der Waals surface area contributed by atoms with E-state index in [0.717, 1.165) is 6.07 Å². The minimum atomic E-state index is -4.92. The molecule has 1 aromatic carbocycles. The fourth-order valence-electron chi connectivity index (χ4n) is 0.790. The molecule has 1 rings (SSSR count). The van der Waals surface area contributed by atoms with Crippen LogP contribution in [-0.2, 0) is 16.6 Å². The summed E-state index contributed by atoms with van der Waals surface area (Å²) in [5, 5.41) is -0.296. The number of rotatable bonds is 0. The van der Waals surface area contributed by atoms with E-state index in [-0.39, 0.29) is 10.5 Å². The summed E-state index contributed by atoms with van der Waals surface area (Å²) in [4.78, 5) is 0. The summed E-state index contributed by atoms with van der Waals surface area (Å²) in [7, 11) is -4.92. The summed E-state index contributed by atoms with van der Waals surface area (Å²) < 4.78 is 69.2. The van der Waals surface area contributed by atoms with Crippen LogP contribution in [0.3, 0.4) is 0 Å². The van der Waals surface area contributed by atoms with Crippen LogP contribution in [0.2, 0.25) is 5.02 Å². The maximum atomic E-state index is 12.1. The molecule has 0 aliphatic rings. The first-order valence-electron chi connectivity index (χ1n) is 3.78. The molecule has 0 aliphatic heterocycles. The molecule has 18 heavy (non-hydrogen) atoms. The first-order chi connectivity index (χ1) is 7.41. The molecule has 11 heteroatoms. The zero-order valence-corrected chi connectivity index (χ0v) is 10.1. The molecule has 0 saturated carbocycles. The van der Waals surface area contributed by atoms with Gasteiger partial charge >= 0.3 is 6.18 Å². The number of benzene rings is 1. The van der Waals surface area contributed by atoms with Gasteiger partial charge in [0.05, 0.1) is 10.6 Å². The maximum Gasteiger partial charge on any atom is 0.418 e. The molecule has 0 bridgehead atoms. The summed E-state index contributed by atoms with van der Waals surface area (Å²) in [6, 6.07) is 3.53. The van der Waals surface area contributed by atoms with Gasteiger partial charge in [0.2, 0.25) is 10.4 Å². The average molecular weight is 312 g/mol. The summed E-state index contributed by atoms with van der Waals surface area (Å²) in [5.41, 5.74) is 2.84. The van der Waals surface area contributed by atoms with E-state index < -0.39 is 22.1 Å². The van der Waals surface area contributed by atoms with Crippen molar-refractivity contribution in [1.29, 1.82) is 0 Å². The molecule has 1 aromatic rings. The highest BCUT2D eigenvalue weighted by molar-refractivity contribution is 7.79. The van der Waals surface area contributed by atoms with Crippen molar-refractivity contribution in [3.63, 3.8) is 0 Å². The molecule has 106 valence electrons. The van der Waals surface area contributed by atoms with E-state index >= 15 is 0 Å². The average Bonchev–Trinajstić information content (AvgIpc) is 2.04. The van der Waals surface area contributed by atoms with Gasteiger partial charge in [-0.3, -0.25) is 4.55 Å². The second-order valence-electron chi connectivity index (χ2n) is 2.74. The van der Waals surface area contributed by atoms with Crippen molar-refractivity contribution in [2.24, 2.45) is 0 Å². The fourth-order valence-corrected chi connectivity index (χ4v) is 1.01. The minimum Gasteiger partial charge on any atom is -0.726 e. The molecule has 0 aromatic heterocycles. The Kier molecular flexibility index (Phi) is 7.42. The Balaban J connectivity index is 0. The van der Waals surface area contributed by atoms with Gasteiger partial charge in [-0.1, -0.05) is 11.6 Å². The standard InChI is InChI=1S/C7H5ClF3N.H2O4S.H2O/c8-6-2-1-4(12)3-5(6)7(9,10)11;1-5(2,3)4;/h1-3H,12H2;(H2,1,2,3,4);1H2. The molecule has 0 unspecified atom stereocenters. The first-order valence-corrected chi connectivity index (χ1v) is 5.52. The van der Waals surface area contributed by atoms with Gasteiger partial charge in [-0.2, -0.15) is 13.2 Å². The van der Waals surface area contributed by atoms with Gasteiger partial charge in [-0.05, 0) is 6.07 Å². The topological polar surface area (TPSA) is 137 Å². The van der Waals surface area contributed by atoms with Crippen LogP contribution in [0.1, 0.15) is 5.56 Å². The summed E-state index contributed by atoms with van der Waals surface area (Å²) in [5.74, 6) is 0. The number of alkyl halides is 3. The predicted molar refractivity (Wildman–Crippen MR) is 54.9 cm³/mol. The second-order valence-corrected chi connectivity index (χ2v) is 4.00. The van der Waals surface area contributed by atoms with Gasteiger partial charge in [0, 0.05) is 12.1 Å². The van der Waals surface area contributed by atoms with Crippen molar-refractivity contribution < 1.29 is 41.9 Å². The summed E-state index contributed by atoms with van der Waals surface area (Å²) >= 11 is 5.33. The van der Waals surface area contributed by atoms with Crippen molar-refractivity contribution in [3.8, 4) is 0 Å². The van der Waals surface area contributed by atoms with Crippen LogP contribution in [0.15, 0.2) is 18.2 Å². The quantitative estimate of drug-likeness (QED) is 0.529. The molecule has 0 fully saturated rings. The Morgan fingerprint density at radius 3 is 2.00 bits per heavy atom. The third-order valence-corrected chi connectivity index (χ3v) is 1.67. The number of halogens is 4. The Bertz CT molecular complexity index is 482. The number of hydrogen-bond acceptors (Lipinski definition) is 3. The van der Waals surface area contributed by atoms with E-state index in [1.165, 1.54) is 12.1 Å². The first kappa shape index (κ1) is 19.4. The van der Waals surface area contributed by atoms with Crippen molar-refractivity contribution >= 4 is 27.7 Å². The third kappa shape index (κ3) is 9.15. The lowest BCUT2D eigenvalue weighted by Gasteiger charge is -2.07. The Labute approximate surface area is 105 Å². The predicted octanol–water partition coefficient (Wildman–Crippen LogP) is 0.412. The van der Waals surface area contributed by atoms with E-state index in [0.29, 0.717) is 5.69 Å². The largest absolute Gasteiger partial charge is 0.726 e. The SMILES string of the molecule is O.O=S(=O)([O-])O.[NH3+]c1ccc(Cl)c(C(F)(F)F)c1. The van der Waals surface area contributed by atoms with Crippen molar-refractivity contribution in [3.05, 3.63) is 28.8 Å². The van der Waals surface area contributed by atoms with Crippen LogP contribution >= 0.6 is 11.6 Å². The van der Waals surface area contributed by atoms with Crippen LogP contribution in [-0.4, -0.2) is 23.0 Å². The summed E-state index contributed by atoms with van der Waals surface area (Å²) in [6.45, 7) is 0. The minimum absolute atomic E-state index is 0. The Morgan fingerprint density at radius 2 is 1.72 bits per heavy atom. The molecule has 0 radical (unpaired) electrons. The summed E-state index contributed by atoms with van der Waals surface area (Å²) in [6.07, 6.45) is -4.40. The Morgan fingerprint density at radius 1 is 1.33 bits per heavy atom. The highest BCUT2D eigenvalue weighted by atomic mass is 35.5. The van der Waals surface area contributed by atoms with Crippen LogP contribution in [0.25, 0.3) is 0 Å². The van der Waals surface area contributed by atoms with Crippen LogP contribution in [0.5, 0.6) is 0 Å². The van der Waals surface area contributed by atoms with Gasteiger partial charge in [0.1, 0.15) is 5.69 Å². The van der Waals surface area contributed by atoms with E-state index in [9.17, 15) is 13.2 Å². The maximum absolute atomic E-state index is 12.1. The molecule has 6 nitrogen and oxygen atoms in total. The lowest BCUT2D eigenvalue weighted by Crippen LogP contribution is -2.40. The van der Waals surface area contributed by atoms with Crippen LogP contribution in [0, 0.1) is 0 Å². The van der Waals surface area contributed by atoms with Crippen LogP contribution < -0.4 is 5.73 Å². The smallest absolute Gasteiger partial charge is 0.418 e. The van der Waals surface area contributed by atoms with E-state index in [1.807, 2.05) is 0 Å². The zero-order chi connectivity index (χ0) is 13.9. The molecule has 6 N–H and O–H groups in total. The molecule has 0 saturated heterocycles. The van der Waals surface area contributed by atoms with Crippen molar-refractivity contribution in [2.45, 2.75) is 6.18 Å². The van der Waals surface area contributed by atoms with Gasteiger partial charge < -0.3 is 15.8 Å². The Hall–Kier alpha value is -0.910. The highest BCUT2D eigenvalue weighted by Gasteiger charge is 2.33. The van der Waals surface area contributed by atoms with Gasteiger partial charge in [0.15, 0.2) is 0 Å². The van der Waals surface area contributed by atoms with Crippen molar-refractivity contribution in [1.82, 2.24) is 0 Å². The monoisotopic (exact) mass is 311 g/mol. The third-order valence-electron chi connectivity index (χ3n) is 1.34. The van der Waals surface area contributed by atoms with Crippen LogP contribution in [0.4, 0.5) is 18.9 Å². The second kappa shape index (κ2) is 6.87. The zero-order valence-electron chi connectivity index (χ0n) is 8.53. The molecule has 0 spiro atoms. The lowest BCUT2D eigenvalue weighted by atomic mass is 10.2. The highest BCUT2D eigenvalue weighted by Crippen LogP contribution is 2.35. The molecule has 0 aliphatic carbocycles. The van der Waals surface area contributed by atoms with Crippen molar-refractivity contribution in [2.75, 3.05) is 0 Å². The molecule has 0 amide bonds. The normalized spacial score (nSPS) is 11.1.